The van der Waals surface area contributed by atoms with Gasteiger partial charge < -0.3 is 10.6 Å². The van der Waals surface area contributed by atoms with E-state index in [0.29, 0.717) is 11.8 Å². The normalized spacial score (nSPS) is 32.7. The molecule has 0 bridgehead atoms. The Hall–Kier alpha value is -0.610. The quantitative estimate of drug-likeness (QED) is 0.766. The highest BCUT2D eigenvalue weighted by molar-refractivity contribution is 5.65. The lowest BCUT2D eigenvalue weighted by Gasteiger charge is -2.40. The second-order valence-electron chi connectivity index (χ2n) is 4.34. The number of piperidine rings is 1. The second kappa shape index (κ2) is 5.47. The number of carbonyl (C=O) groups is 1. The number of hydroxylamine groups is 2. The molecule has 0 radical (unpaired) electrons. The van der Waals surface area contributed by atoms with E-state index in [2.05, 4.69) is 13.8 Å². The Morgan fingerprint density at radius 2 is 1.80 bits per heavy atom. The minimum absolute atomic E-state index is 0.241. The molecule has 88 valence electrons. The van der Waals surface area contributed by atoms with Crippen LogP contribution in [0.4, 0.5) is 0 Å². The highest BCUT2D eigenvalue weighted by Gasteiger charge is 2.33. The van der Waals surface area contributed by atoms with Gasteiger partial charge in [0, 0.05) is 26.1 Å². The molecule has 0 spiro atoms. The number of nitrogens with two attached hydrogens (primary N) is 1. The van der Waals surface area contributed by atoms with Gasteiger partial charge in [-0.25, -0.2) is 0 Å². The van der Waals surface area contributed by atoms with Crippen molar-refractivity contribution in [1.82, 2.24) is 5.06 Å². The Bertz CT molecular complexity index is 207. The van der Waals surface area contributed by atoms with E-state index in [1.165, 1.54) is 6.92 Å². The molecule has 1 rings (SSSR count). The average molecular weight is 214 g/mol. The zero-order valence-electron chi connectivity index (χ0n) is 9.90. The maximum atomic E-state index is 10.9. The number of hydrogen-bond donors (Lipinski definition) is 1. The van der Waals surface area contributed by atoms with Crippen LogP contribution in [-0.4, -0.2) is 30.2 Å². The minimum Gasteiger partial charge on any atom is -0.368 e. The first kappa shape index (κ1) is 12.5. The predicted molar refractivity (Wildman–Crippen MR) is 58.9 cm³/mol. The molecule has 1 heterocycles. The number of hydrogen-bond acceptors (Lipinski definition) is 4. The smallest absolute Gasteiger partial charge is 0.322 e. The molecular formula is C11H22N2O2. The summed E-state index contributed by atoms with van der Waals surface area (Å²) in [5.74, 6) is 0.626. The highest BCUT2D eigenvalue weighted by atomic mass is 16.7. The molecule has 2 unspecified atom stereocenters. The fourth-order valence-electron chi connectivity index (χ4n) is 2.28. The molecule has 1 aliphatic rings. The fraction of sp³-hybridized carbons (Fsp3) is 0.909. The standard InChI is InChI=1S/C11H22N2O2/c1-4-9-6-13(15-8(3)14)7-10(5-2)11(9)12/h9-11H,4-7,12H2,1-3H3. The maximum absolute atomic E-state index is 10.9. The molecule has 1 fully saturated rings. The van der Waals surface area contributed by atoms with E-state index in [4.69, 9.17) is 10.6 Å². The molecule has 0 amide bonds. The van der Waals surface area contributed by atoms with Crippen molar-refractivity contribution in [3.8, 4) is 0 Å². The fourth-order valence-corrected chi connectivity index (χ4v) is 2.28. The Morgan fingerprint density at radius 1 is 1.33 bits per heavy atom. The van der Waals surface area contributed by atoms with Crippen molar-refractivity contribution in [2.45, 2.75) is 39.7 Å². The number of carbonyl (C=O) groups excluding carboxylic acids is 1. The molecule has 15 heavy (non-hydrogen) atoms. The SMILES string of the molecule is CCC1CN(OC(C)=O)CC(CC)C1N. The van der Waals surface area contributed by atoms with E-state index in [9.17, 15) is 4.79 Å². The van der Waals surface area contributed by atoms with Crippen LogP contribution in [0.15, 0.2) is 0 Å². The van der Waals surface area contributed by atoms with Crippen molar-refractivity contribution in [3.05, 3.63) is 0 Å². The van der Waals surface area contributed by atoms with Crippen LogP contribution in [0.2, 0.25) is 0 Å². The average Bonchev–Trinajstić information content (AvgIpc) is 2.19. The Balaban J connectivity index is 2.59. The highest BCUT2D eigenvalue weighted by Crippen LogP contribution is 2.25. The molecule has 0 aromatic carbocycles. The Labute approximate surface area is 91.7 Å². The van der Waals surface area contributed by atoms with Crippen molar-refractivity contribution in [2.75, 3.05) is 13.1 Å². The molecule has 4 heteroatoms. The van der Waals surface area contributed by atoms with E-state index >= 15 is 0 Å². The monoisotopic (exact) mass is 214 g/mol. The largest absolute Gasteiger partial charge is 0.368 e. The van der Waals surface area contributed by atoms with Gasteiger partial charge in [-0.05, 0) is 11.8 Å². The summed E-state index contributed by atoms with van der Waals surface area (Å²) in [6, 6.07) is 0.242. The molecule has 2 atom stereocenters. The predicted octanol–water partition coefficient (Wildman–Crippen LogP) is 1.16. The van der Waals surface area contributed by atoms with Crippen molar-refractivity contribution in [2.24, 2.45) is 17.6 Å². The van der Waals surface area contributed by atoms with Crippen LogP contribution in [0.25, 0.3) is 0 Å². The van der Waals surface area contributed by atoms with Crippen LogP contribution < -0.4 is 5.73 Å². The van der Waals surface area contributed by atoms with Crippen LogP contribution in [-0.2, 0) is 9.63 Å². The van der Waals surface area contributed by atoms with E-state index in [0.717, 1.165) is 25.9 Å². The molecule has 0 aromatic rings. The third-order valence-corrected chi connectivity index (χ3v) is 3.27. The van der Waals surface area contributed by atoms with Gasteiger partial charge in [0.05, 0.1) is 0 Å². The van der Waals surface area contributed by atoms with E-state index in [-0.39, 0.29) is 12.0 Å². The van der Waals surface area contributed by atoms with E-state index < -0.39 is 0 Å². The lowest BCUT2D eigenvalue weighted by molar-refractivity contribution is -0.202. The molecule has 0 aliphatic carbocycles. The summed E-state index contributed by atoms with van der Waals surface area (Å²) in [6.45, 7) is 7.25. The lowest BCUT2D eigenvalue weighted by atomic mass is 9.82. The second-order valence-corrected chi connectivity index (χ2v) is 4.34. The molecule has 0 saturated carbocycles. The van der Waals surface area contributed by atoms with Crippen molar-refractivity contribution < 1.29 is 9.63 Å². The maximum Gasteiger partial charge on any atom is 0.322 e. The van der Waals surface area contributed by atoms with Gasteiger partial charge in [0.1, 0.15) is 0 Å². The van der Waals surface area contributed by atoms with Gasteiger partial charge in [-0.3, -0.25) is 4.79 Å². The van der Waals surface area contributed by atoms with Gasteiger partial charge in [-0.15, -0.1) is 5.06 Å². The van der Waals surface area contributed by atoms with Gasteiger partial charge in [-0.2, -0.15) is 0 Å². The first-order chi connectivity index (χ1) is 7.08. The minimum atomic E-state index is -0.241. The third kappa shape index (κ3) is 3.18. The topological polar surface area (TPSA) is 55.6 Å². The summed E-state index contributed by atoms with van der Waals surface area (Å²) >= 11 is 0. The molecule has 0 aromatic heterocycles. The first-order valence-corrected chi connectivity index (χ1v) is 5.77. The first-order valence-electron chi connectivity index (χ1n) is 5.77. The van der Waals surface area contributed by atoms with Gasteiger partial charge in [0.2, 0.25) is 0 Å². The van der Waals surface area contributed by atoms with Crippen LogP contribution >= 0.6 is 0 Å². The van der Waals surface area contributed by atoms with Crippen LogP contribution in [0.1, 0.15) is 33.6 Å². The van der Waals surface area contributed by atoms with Crippen LogP contribution in [0.5, 0.6) is 0 Å². The number of nitrogens with zero attached hydrogens (tertiary/aromatic N) is 1. The summed E-state index contributed by atoms with van der Waals surface area (Å²) in [4.78, 5) is 16.0. The summed E-state index contributed by atoms with van der Waals surface area (Å²) < 4.78 is 0. The van der Waals surface area contributed by atoms with Crippen LogP contribution in [0, 0.1) is 11.8 Å². The summed E-state index contributed by atoms with van der Waals surface area (Å²) in [5.41, 5.74) is 6.17. The summed E-state index contributed by atoms with van der Waals surface area (Å²) in [6.07, 6.45) is 2.07. The number of rotatable bonds is 3. The van der Waals surface area contributed by atoms with Gasteiger partial charge in [0.25, 0.3) is 0 Å². The van der Waals surface area contributed by atoms with Gasteiger partial charge in [-0.1, -0.05) is 26.7 Å². The molecule has 1 saturated heterocycles. The zero-order chi connectivity index (χ0) is 11.4. The van der Waals surface area contributed by atoms with Gasteiger partial charge >= 0.3 is 5.97 Å². The zero-order valence-corrected chi connectivity index (χ0v) is 9.90. The summed E-state index contributed by atoms with van der Waals surface area (Å²) in [7, 11) is 0. The van der Waals surface area contributed by atoms with Crippen molar-refractivity contribution in [3.63, 3.8) is 0 Å². The van der Waals surface area contributed by atoms with E-state index in [1.807, 2.05) is 0 Å². The van der Waals surface area contributed by atoms with Crippen molar-refractivity contribution >= 4 is 5.97 Å². The molecule has 1 aliphatic heterocycles. The molecule has 2 N–H and O–H groups in total. The lowest BCUT2D eigenvalue weighted by Crippen LogP contribution is -2.53. The Morgan fingerprint density at radius 3 is 2.13 bits per heavy atom. The van der Waals surface area contributed by atoms with E-state index in [1.54, 1.807) is 5.06 Å². The van der Waals surface area contributed by atoms with Crippen LogP contribution in [0.3, 0.4) is 0 Å². The Kier molecular flexibility index (Phi) is 4.54. The van der Waals surface area contributed by atoms with Crippen molar-refractivity contribution in [1.29, 1.82) is 0 Å². The van der Waals surface area contributed by atoms with Gasteiger partial charge in [0.15, 0.2) is 0 Å². The summed E-state index contributed by atoms with van der Waals surface area (Å²) in [5, 5.41) is 1.77. The molecule has 4 nitrogen and oxygen atoms in total. The third-order valence-electron chi connectivity index (χ3n) is 3.27. The molecular weight excluding hydrogens is 192 g/mol.